The average molecular weight is 358 g/mol. The Balaban J connectivity index is 2.30. The van der Waals surface area contributed by atoms with Crippen LogP contribution in [0.1, 0.15) is 10.4 Å². The van der Waals surface area contributed by atoms with Crippen LogP contribution in [0.5, 0.6) is 5.75 Å². The van der Waals surface area contributed by atoms with Gasteiger partial charge in [-0.25, -0.2) is 0 Å². The second kappa shape index (κ2) is 7.76. The summed E-state index contributed by atoms with van der Waals surface area (Å²) in [5, 5.41) is 2.52. The van der Waals surface area contributed by atoms with E-state index in [2.05, 4.69) is 17.5 Å². The van der Waals surface area contributed by atoms with Crippen molar-refractivity contribution in [3.8, 4) is 5.75 Å². The van der Waals surface area contributed by atoms with E-state index in [0.29, 0.717) is 0 Å². The molecule has 0 unspecified atom stereocenters. The van der Waals surface area contributed by atoms with Gasteiger partial charge in [-0.3, -0.25) is 0 Å². The van der Waals surface area contributed by atoms with Gasteiger partial charge in [-0.1, -0.05) is 0 Å². The molecular weight excluding hydrogens is 343 g/mol. The Labute approximate surface area is 146 Å². The quantitative estimate of drug-likeness (QED) is 0.454. The van der Waals surface area contributed by atoms with Crippen LogP contribution in [0.25, 0.3) is 0 Å². The molecule has 0 bridgehead atoms. The first-order valence-corrected chi connectivity index (χ1v) is 9.01. The Bertz CT molecular complexity index is 928. The van der Waals surface area contributed by atoms with Crippen LogP contribution >= 0.6 is 0 Å². The van der Waals surface area contributed by atoms with Gasteiger partial charge in [0.1, 0.15) is 0 Å². The number of carbonyl (C=O) groups is 2. The van der Waals surface area contributed by atoms with Crippen LogP contribution in [0.3, 0.4) is 0 Å². The van der Waals surface area contributed by atoms with Crippen molar-refractivity contribution in [1.29, 1.82) is 0 Å². The summed E-state index contributed by atoms with van der Waals surface area (Å²) in [7, 11) is -0.204. The number of rotatable bonds is 6. The molecule has 0 saturated heterocycles. The number of anilines is 2. The van der Waals surface area contributed by atoms with Crippen LogP contribution in [0.4, 0.5) is 11.4 Å². The molecule has 2 rings (SSSR count). The van der Waals surface area contributed by atoms with Crippen molar-refractivity contribution in [2.75, 3.05) is 16.3 Å². The monoisotopic (exact) mass is 358 g/mol. The fourth-order valence-corrected chi connectivity index (χ4v) is 2.52. The molecule has 0 saturated carbocycles. The second-order valence-electron chi connectivity index (χ2n) is 5.00. The number of esters is 1. The first kappa shape index (κ1) is 18.4. The summed E-state index contributed by atoms with van der Waals surface area (Å²) in [5.41, 5.74) is 0.426. The molecule has 2 aromatic rings. The molecule has 7 nitrogen and oxygen atoms in total. The predicted octanol–water partition coefficient (Wildman–Crippen LogP) is 0.919. The Morgan fingerprint density at radius 2 is 1.64 bits per heavy atom. The summed E-state index contributed by atoms with van der Waals surface area (Å²) in [6.07, 6.45) is 0.981. The Morgan fingerprint density at radius 1 is 1.04 bits per heavy atom. The van der Waals surface area contributed by atoms with Gasteiger partial charge in [-0.15, -0.1) is 0 Å². The van der Waals surface area contributed by atoms with Gasteiger partial charge in [0.25, 0.3) is 0 Å². The third-order valence-electron chi connectivity index (χ3n) is 2.98. The zero-order valence-electron chi connectivity index (χ0n) is 13.4. The minimum absolute atomic E-state index is 0.0396. The van der Waals surface area contributed by atoms with E-state index in [1.807, 2.05) is 0 Å². The van der Waals surface area contributed by atoms with Gasteiger partial charge < -0.3 is 0 Å². The van der Waals surface area contributed by atoms with Crippen molar-refractivity contribution in [1.82, 2.24) is 0 Å². The SMILES string of the molecule is B=CC(=O)Nc1ccccc1OC(=O)c1ccccc1NS(C)(=O)=O. The van der Waals surface area contributed by atoms with Crippen molar-refractivity contribution in [3.63, 3.8) is 0 Å². The molecule has 0 aliphatic rings. The second-order valence-corrected chi connectivity index (χ2v) is 6.75. The number of sulfonamides is 1. The fraction of sp³-hybridized carbons (Fsp3) is 0.0625. The average Bonchev–Trinajstić information content (AvgIpc) is 2.55. The van der Waals surface area contributed by atoms with Crippen molar-refractivity contribution < 1.29 is 22.7 Å². The molecule has 2 N–H and O–H groups in total. The van der Waals surface area contributed by atoms with E-state index in [9.17, 15) is 18.0 Å². The van der Waals surface area contributed by atoms with Gasteiger partial charge in [0.15, 0.2) is 0 Å². The van der Waals surface area contributed by atoms with E-state index < -0.39 is 21.9 Å². The van der Waals surface area contributed by atoms with Gasteiger partial charge >= 0.3 is 146 Å². The molecule has 0 radical (unpaired) electrons. The van der Waals surface area contributed by atoms with Crippen LogP contribution in [-0.2, 0) is 14.8 Å². The molecule has 0 aromatic heterocycles. The third-order valence-corrected chi connectivity index (χ3v) is 3.57. The predicted molar refractivity (Wildman–Crippen MR) is 98.2 cm³/mol. The molecule has 2 aromatic carbocycles. The summed E-state index contributed by atoms with van der Waals surface area (Å²) in [5.74, 6) is -0.0178. The molecule has 0 heterocycles. The van der Waals surface area contributed by atoms with Crippen molar-refractivity contribution in [2.24, 2.45) is 0 Å². The van der Waals surface area contributed by atoms with Crippen LogP contribution in [0.2, 0.25) is 0 Å². The first-order valence-electron chi connectivity index (χ1n) is 7.11. The van der Waals surface area contributed by atoms with Gasteiger partial charge in [0, 0.05) is 0 Å². The van der Waals surface area contributed by atoms with E-state index in [-0.39, 0.29) is 22.7 Å². The van der Waals surface area contributed by atoms with Gasteiger partial charge in [-0.05, 0) is 0 Å². The number of ether oxygens (including phenoxy) is 1. The number of amides is 1. The van der Waals surface area contributed by atoms with Gasteiger partial charge in [-0.2, -0.15) is 0 Å². The number of benzene rings is 2. The van der Waals surface area contributed by atoms with E-state index >= 15 is 0 Å². The zero-order valence-corrected chi connectivity index (χ0v) is 14.2. The standard InChI is InChI=1S/C16H15BN2O5S/c1-25(22,23)19-12-7-3-2-6-11(12)16(21)24-14-9-5-4-8-13(14)18-15(20)10-17/h2-10,17,19H,1H3,(H,18,20). The third kappa shape index (κ3) is 5.28. The van der Waals surface area contributed by atoms with Crippen LogP contribution in [-0.4, -0.2) is 40.0 Å². The van der Waals surface area contributed by atoms with E-state index in [0.717, 1.165) is 12.2 Å². The summed E-state index contributed by atoms with van der Waals surface area (Å²) in [4.78, 5) is 23.9. The number of para-hydroxylation sites is 3. The van der Waals surface area contributed by atoms with E-state index in [1.165, 1.54) is 18.2 Å². The molecule has 25 heavy (non-hydrogen) atoms. The van der Waals surface area contributed by atoms with Crippen LogP contribution in [0, 0.1) is 0 Å². The summed E-state index contributed by atoms with van der Waals surface area (Å²) < 4.78 is 30.4. The minimum atomic E-state index is -3.56. The first-order chi connectivity index (χ1) is 11.8. The van der Waals surface area contributed by atoms with E-state index in [4.69, 9.17) is 4.74 Å². The summed E-state index contributed by atoms with van der Waals surface area (Å²) >= 11 is 0. The summed E-state index contributed by atoms with van der Waals surface area (Å²) in [6.45, 7) is 0. The molecule has 0 atom stereocenters. The zero-order chi connectivity index (χ0) is 18.4. The molecule has 0 aliphatic carbocycles. The molecule has 1 amide bonds. The number of hydrogen-bond donors (Lipinski definition) is 2. The Morgan fingerprint density at radius 3 is 2.28 bits per heavy atom. The van der Waals surface area contributed by atoms with Crippen molar-refractivity contribution >= 4 is 46.7 Å². The van der Waals surface area contributed by atoms with Gasteiger partial charge in [0.05, 0.1) is 0 Å². The van der Waals surface area contributed by atoms with Crippen molar-refractivity contribution in [3.05, 3.63) is 54.1 Å². The number of carbonyl (C=O) groups excluding carboxylic acids is 2. The van der Waals surface area contributed by atoms with Gasteiger partial charge in [0.2, 0.25) is 0 Å². The normalized spacial score (nSPS) is 10.6. The fourth-order valence-electron chi connectivity index (χ4n) is 1.95. The molecule has 0 fully saturated rings. The van der Waals surface area contributed by atoms with Crippen molar-refractivity contribution in [2.45, 2.75) is 0 Å². The Kier molecular flexibility index (Phi) is 5.71. The number of hydrogen-bond acceptors (Lipinski definition) is 5. The summed E-state index contributed by atoms with van der Waals surface area (Å²) in [6, 6.07) is 12.4. The Hall–Kier alpha value is -2.94. The number of nitrogens with one attached hydrogen (secondary N) is 2. The maximum absolute atomic E-state index is 12.4. The van der Waals surface area contributed by atoms with E-state index in [1.54, 1.807) is 30.3 Å². The van der Waals surface area contributed by atoms with Crippen LogP contribution < -0.4 is 14.8 Å². The van der Waals surface area contributed by atoms with Crippen LogP contribution in [0.15, 0.2) is 48.5 Å². The molecule has 0 spiro atoms. The maximum atomic E-state index is 12.4. The molecule has 9 heteroatoms. The molecule has 0 aliphatic heterocycles. The topological polar surface area (TPSA) is 102 Å². The molecule has 128 valence electrons. The molecular formula is C16H15BN2O5S.